The fourth-order valence-corrected chi connectivity index (χ4v) is 2.96. The highest BCUT2D eigenvalue weighted by atomic mass is 35.5. The molecule has 1 aromatic heterocycles. The van der Waals surface area contributed by atoms with Gasteiger partial charge in [-0.15, -0.1) is 0 Å². The van der Waals surface area contributed by atoms with Crippen LogP contribution in [0.15, 0.2) is 58.3 Å². The first-order valence-electron chi connectivity index (χ1n) is 7.88. The number of rotatable bonds is 2. The maximum absolute atomic E-state index is 12.5. The molecule has 0 aliphatic carbocycles. The zero-order valence-electron chi connectivity index (χ0n) is 13.6. The van der Waals surface area contributed by atoms with E-state index >= 15 is 0 Å². The number of amidine groups is 1. The Balaban J connectivity index is 0.00000196. The van der Waals surface area contributed by atoms with Crippen molar-refractivity contribution >= 4 is 34.3 Å². The SMILES string of the molecule is O=C(O)c1ccccc1[NH2+]C1=Nc2nc3ccccc3c(=O)n2CC1.[Cl-]. The predicted molar refractivity (Wildman–Crippen MR) is 92.7 cm³/mol. The summed E-state index contributed by atoms with van der Waals surface area (Å²) >= 11 is 0. The Labute approximate surface area is 154 Å². The fraction of sp³-hybridized carbons (Fsp3) is 0.111. The first-order valence-corrected chi connectivity index (χ1v) is 7.88. The number of hydrogen-bond donors (Lipinski definition) is 2. The average Bonchev–Trinajstić information content (AvgIpc) is 2.62. The van der Waals surface area contributed by atoms with E-state index in [9.17, 15) is 14.7 Å². The molecule has 0 saturated carbocycles. The van der Waals surface area contributed by atoms with Crippen molar-refractivity contribution in [1.82, 2.24) is 9.55 Å². The lowest BCUT2D eigenvalue weighted by Gasteiger charge is -2.16. The number of carbonyl (C=O) groups is 1. The molecule has 26 heavy (non-hydrogen) atoms. The van der Waals surface area contributed by atoms with Crippen molar-refractivity contribution in [3.63, 3.8) is 0 Å². The van der Waals surface area contributed by atoms with E-state index < -0.39 is 5.97 Å². The van der Waals surface area contributed by atoms with Gasteiger partial charge in [-0.1, -0.05) is 24.3 Å². The van der Waals surface area contributed by atoms with E-state index in [0.29, 0.717) is 41.3 Å². The fourth-order valence-electron chi connectivity index (χ4n) is 2.96. The summed E-state index contributed by atoms with van der Waals surface area (Å²) in [5.41, 5.74) is 1.31. The summed E-state index contributed by atoms with van der Waals surface area (Å²) in [6.45, 7) is 0.469. The third kappa shape index (κ3) is 3.10. The van der Waals surface area contributed by atoms with Crippen LogP contribution in [0.4, 0.5) is 11.6 Å². The van der Waals surface area contributed by atoms with Crippen LogP contribution in [0, 0.1) is 0 Å². The molecule has 0 atom stereocenters. The number of aromatic nitrogens is 2. The summed E-state index contributed by atoms with van der Waals surface area (Å²) in [4.78, 5) is 32.8. The van der Waals surface area contributed by atoms with Crippen molar-refractivity contribution in [3.05, 3.63) is 64.4 Å². The van der Waals surface area contributed by atoms with Gasteiger partial charge in [-0.05, 0) is 18.2 Å². The van der Waals surface area contributed by atoms with Gasteiger partial charge in [0.2, 0.25) is 11.8 Å². The van der Waals surface area contributed by atoms with Crippen molar-refractivity contribution in [1.29, 1.82) is 0 Å². The Kier molecular flexibility index (Phi) is 4.83. The molecule has 3 N–H and O–H groups in total. The van der Waals surface area contributed by atoms with Gasteiger partial charge in [-0.25, -0.2) is 9.78 Å². The van der Waals surface area contributed by atoms with E-state index in [1.54, 1.807) is 46.3 Å². The maximum Gasteiger partial charge on any atom is 0.341 e. The van der Waals surface area contributed by atoms with Crippen LogP contribution in [0.5, 0.6) is 0 Å². The number of carboxylic acids is 1. The second-order valence-electron chi connectivity index (χ2n) is 5.78. The van der Waals surface area contributed by atoms with Gasteiger partial charge in [0.15, 0.2) is 0 Å². The monoisotopic (exact) mass is 370 g/mol. The van der Waals surface area contributed by atoms with E-state index in [1.807, 2.05) is 12.1 Å². The summed E-state index contributed by atoms with van der Waals surface area (Å²) in [7, 11) is 0. The number of halogens is 1. The number of nitrogens with zero attached hydrogens (tertiary/aromatic N) is 3. The minimum Gasteiger partial charge on any atom is -1.00 e. The molecular weight excluding hydrogens is 356 g/mol. The molecule has 2 aromatic carbocycles. The number of aromatic carboxylic acids is 1. The highest BCUT2D eigenvalue weighted by Crippen LogP contribution is 2.17. The van der Waals surface area contributed by atoms with Crippen LogP contribution in [-0.4, -0.2) is 26.5 Å². The lowest BCUT2D eigenvalue weighted by Crippen LogP contribution is -3.00. The highest BCUT2D eigenvalue weighted by Gasteiger charge is 2.21. The Morgan fingerprint density at radius 3 is 2.65 bits per heavy atom. The van der Waals surface area contributed by atoms with Gasteiger partial charge in [0.1, 0.15) is 11.3 Å². The van der Waals surface area contributed by atoms with E-state index in [1.165, 1.54) is 0 Å². The maximum atomic E-state index is 12.5. The average molecular weight is 371 g/mol. The summed E-state index contributed by atoms with van der Waals surface area (Å²) in [5, 5.41) is 11.6. The summed E-state index contributed by atoms with van der Waals surface area (Å²) < 4.78 is 1.56. The Hall–Kier alpha value is -3.03. The molecule has 1 aliphatic heterocycles. The van der Waals surface area contributed by atoms with Gasteiger partial charge in [-0.2, -0.15) is 4.99 Å². The smallest absolute Gasteiger partial charge is 0.341 e. The largest absolute Gasteiger partial charge is 1.00 e. The molecule has 0 amide bonds. The van der Waals surface area contributed by atoms with Crippen molar-refractivity contribution in [3.8, 4) is 0 Å². The zero-order chi connectivity index (χ0) is 17.4. The topological polar surface area (TPSA) is 101 Å². The van der Waals surface area contributed by atoms with Gasteiger partial charge >= 0.3 is 5.97 Å². The van der Waals surface area contributed by atoms with Crippen LogP contribution in [0.2, 0.25) is 0 Å². The normalized spacial score (nSPS) is 12.8. The van der Waals surface area contributed by atoms with Crippen LogP contribution in [0.3, 0.4) is 0 Å². The number of benzene rings is 2. The molecule has 2 heterocycles. The summed E-state index contributed by atoms with van der Waals surface area (Å²) in [6, 6.07) is 13.9. The zero-order valence-corrected chi connectivity index (χ0v) is 14.3. The van der Waals surface area contributed by atoms with Crippen LogP contribution < -0.4 is 23.3 Å². The minimum absolute atomic E-state index is 0. The Morgan fingerprint density at radius 1 is 1.12 bits per heavy atom. The van der Waals surface area contributed by atoms with Crippen LogP contribution in [-0.2, 0) is 6.54 Å². The molecule has 8 heteroatoms. The van der Waals surface area contributed by atoms with Gasteiger partial charge in [-0.3, -0.25) is 14.7 Å². The molecule has 7 nitrogen and oxygen atoms in total. The lowest BCUT2D eigenvalue weighted by atomic mass is 10.1. The van der Waals surface area contributed by atoms with E-state index in [-0.39, 0.29) is 23.5 Å². The van der Waals surface area contributed by atoms with E-state index in [4.69, 9.17) is 0 Å². The highest BCUT2D eigenvalue weighted by molar-refractivity contribution is 5.93. The first-order chi connectivity index (χ1) is 12.1. The third-order valence-corrected chi connectivity index (χ3v) is 4.19. The second kappa shape index (κ2) is 7.07. The first kappa shape index (κ1) is 17.8. The molecule has 4 rings (SSSR count). The van der Waals surface area contributed by atoms with Crippen molar-refractivity contribution in [2.75, 3.05) is 0 Å². The van der Waals surface area contributed by atoms with Gasteiger partial charge in [0.05, 0.1) is 17.3 Å². The molecule has 0 radical (unpaired) electrons. The standard InChI is InChI=1S/C18H14N4O3.ClH/c23-16-11-5-1-3-7-13(11)20-18-21-15(9-10-22(16)18)19-14-8-4-2-6-12(14)17(24)25;/h1-8H,9-10H2,(H,24,25)(H,19,20,21);1H. The van der Waals surface area contributed by atoms with Crippen LogP contribution in [0.25, 0.3) is 10.9 Å². The number of nitrogens with two attached hydrogens (primary N) is 1. The quantitative estimate of drug-likeness (QED) is 0.532. The predicted octanol–water partition coefficient (Wildman–Crippen LogP) is -1.57. The van der Waals surface area contributed by atoms with E-state index in [0.717, 1.165) is 0 Å². The van der Waals surface area contributed by atoms with Gasteiger partial charge < -0.3 is 17.5 Å². The number of fused-ring (bicyclic) bond motifs is 2. The number of quaternary nitrogens is 1. The van der Waals surface area contributed by atoms with E-state index in [2.05, 4.69) is 9.98 Å². The second-order valence-corrected chi connectivity index (χ2v) is 5.78. The molecule has 1 aliphatic rings. The minimum atomic E-state index is -0.982. The Morgan fingerprint density at radius 2 is 1.85 bits per heavy atom. The summed E-state index contributed by atoms with van der Waals surface area (Å²) in [6.07, 6.45) is 0.543. The molecule has 0 unspecified atom stereocenters. The third-order valence-electron chi connectivity index (χ3n) is 4.19. The molecule has 0 saturated heterocycles. The molecule has 0 fully saturated rings. The molecule has 132 valence electrons. The van der Waals surface area contributed by atoms with Crippen molar-refractivity contribution in [2.24, 2.45) is 4.99 Å². The van der Waals surface area contributed by atoms with Crippen LogP contribution >= 0.6 is 0 Å². The number of para-hydroxylation sites is 2. The molecular formula is C18H15ClN4O3. The number of hydrogen-bond acceptors (Lipinski definition) is 4. The van der Waals surface area contributed by atoms with Crippen molar-refractivity contribution in [2.45, 2.75) is 13.0 Å². The Bertz CT molecular complexity index is 1090. The van der Waals surface area contributed by atoms with Crippen molar-refractivity contribution < 1.29 is 27.6 Å². The number of aliphatic imine (C=N–C) groups is 1. The molecule has 0 spiro atoms. The lowest BCUT2D eigenvalue weighted by molar-refractivity contribution is -0.447. The molecule has 0 bridgehead atoms. The number of carboxylic acid groups (broad SMARTS) is 1. The van der Waals surface area contributed by atoms with Gasteiger partial charge in [0, 0.05) is 12.6 Å². The van der Waals surface area contributed by atoms with Gasteiger partial charge in [0.25, 0.3) is 5.56 Å². The summed E-state index contributed by atoms with van der Waals surface area (Å²) in [5.74, 6) is 0.0777. The van der Waals surface area contributed by atoms with Crippen LogP contribution in [0.1, 0.15) is 16.8 Å². The molecule has 3 aromatic rings.